The molecule has 2 heterocycles. The van der Waals surface area contributed by atoms with Gasteiger partial charge in [0.15, 0.2) is 0 Å². The number of nitrogens with one attached hydrogen (secondary N) is 8. The first-order chi connectivity index (χ1) is 28.4. The number of hydrogen-bond acceptors (Lipinski definition) is 14. The van der Waals surface area contributed by atoms with E-state index in [-0.39, 0.29) is 31.8 Å². The Kier molecular flexibility index (Phi) is 17.9. The van der Waals surface area contributed by atoms with Gasteiger partial charge in [0.1, 0.15) is 48.6 Å². The quantitative estimate of drug-likeness (QED) is 0.0467. The minimum absolute atomic E-state index is 0.0877. The molecule has 5 rings (SSSR count). The number of benzene rings is 2. The van der Waals surface area contributed by atoms with E-state index in [1.165, 1.54) is 19.5 Å². The number of nitrogens with zero attached hydrogens (tertiary/aromatic N) is 2. The second-order valence-electron chi connectivity index (χ2n) is 14.6. The molecule has 59 heavy (non-hydrogen) atoms. The van der Waals surface area contributed by atoms with Crippen LogP contribution in [0.1, 0.15) is 58.1 Å². The molecule has 0 bridgehead atoms. The lowest BCUT2D eigenvalue weighted by Gasteiger charge is -2.19. The number of aromatic nitrogens is 2. The highest BCUT2D eigenvalue weighted by molar-refractivity contribution is 6.00. The molecule has 0 spiro atoms. The zero-order chi connectivity index (χ0) is 42.9. The van der Waals surface area contributed by atoms with Gasteiger partial charge in [-0.15, -0.1) is 0 Å². The van der Waals surface area contributed by atoms with Crippen molar-refractivity contribution in [1.29, 1.82) is 10.8 Å². The highest BCUT2D eigenvalue weighted by atomic mass is 16.5. The SMILES string of the molecule is CCC(C)Nc1nc(-c2cccc(OCC(O)CN)c2)cc(NC(=O)NC)c1C=N.CNCC(O)COc1cccc(-c2cc(NC3CC3)c(C=N)c(NC(C)C)n2)c1. The molecule has 16 heteroatoms. The number of hydrogen-bond donors (Lipinski definition) is 11. The number of likely N-dealkylation sites (N-methyl/N-ethyl adjacent to an activating group) is 1. The van der Waals surface area contributed by atoms with Gasteiger partial charge in [-0.05, 0) is 83.5 Å². The molecule has 2 aromatic heterocycles. The van der Waals surface area contributed by atoms with Crippen LogP contribution in [-0.2, 0) is 0 Å². The summed E-state index contributed by atoms with van der Waals surface area (Å²) in [7, 11) is 3.32. The molecule has 3 unspecified atom stereocenters. The number of carbonyl (C=O) groups is 1. The smallest absolute Gasteiger partial charge is 0.318 e. The molecular formula is C43H61N11O5. The summed E-state index contributed by atoms with van der Waals surface area (Å²) < 4.78 is 11.3. The van der Waals surface area contributed by atoms with Crippen molar-refractivity contribution >= 4 is 41.5 Å². The first kappa shape index (κ1) is 45.9. The highest BCUT2D eigenvalue weighted by Crippen LogP contribution is 2.34. The molecule has 1 aliphatic rings. The van der Waals surface area contributed by atoms with E-state index in [2.05, 4.69) is 50.7 Å². The number of aliphatic hydroxyl groups is 2. The van der Waals surface area contributed by atoms with E-state index in [1.54, 1.807) is 25.2 Å². The third-order valence-corrected chi connectivity index (χ3v) is 9.10. The van der Waals surface area contributed by atoms with Crippen LogP contribution >= 0.6 is 0 Å². The average Bonchev–Trinajstić information content (AvgIpc) is 4.06. The van der Waals surface area contributed by atoms with Gasteiger partial charge in [0.25, 0.3) is 0 Å². The summed E-state index contributed by atoms with van der Waals surface area (Å²) in [5.74, 6) is 2.46. The molecule has 1 aliphatic carbocycles. The summed E-state index contributed by atoms with van der Waals surface area (Å²) in [6, 6.07) is 19.1. The fourth-order valence-electron chi connectivity index (χ4n) is 5.62. The van der Waals surface area contributed by atoms with Crippen LogP contribution in [0, 0.1) is 10.8 Å². The van der Waals surface area contributed by atoms with E-state index in [0.29, 0.717) is 52.7 Å². The predicted molar refractivity (Wildman–Crippen MR) is 238 cm³/mol. The van der Waals surface area contributed by atoms with Crippen molar-refractivity contribution in [2.75, 3.05) is 61.7 Å². The third kappa shape index (κ3) is 14.2. The maximum Gasteiger partial charge on any atom is 0.318 e. The molecule has 1 fully saturated rings. The largest absolute Gasteiger partial charge is 0.491 e. The molecule has 3 atom stereocenters. The van der Waals surface area contributed by atoms with Gasteiger partial charge >= 0.3 is 6.03 Å². The zero-order valence-corrected chi connectivity index (χ0v) is 34.9. The van der Waals surface area contributed by atoms with Gasteiger partial charge in [0.2, 0.25) is 0 Å². The van der Waals surface area contributed by atoms with Crippen LogP contribution < -0.4 is 47.1 Å². The normalized spacial score (nSPS) is 13.5. The number of carbonyl (C=O) groups excluding carboxylic acids is 1. The monoisotopic (exact) mass is 811 g/mol. The summed E-state index contributed by atoms with van der Waals surface area (Å²) in [6.45, 7) is 9.08. The Morgan fingerprint density at radius 2 is 1.39 bits per heavy atom. The van der Waals surface area contributed by atoms with Crippen molar-refractivity contribution in [3.8, 4) is 34.0 Å². The van der Waals surface area contributed by atoms with Gasteiger partial charge in [0, 0.05) is 67.5 Å². The molecule has 2 aromatic carbocycles. The highest BCUT2D eigenvalue weighted by Gasteiger charge is 2.24. The lowest BCUT2D eigenvalue weighted by atomic mass is 10.1. The van der Waals surface area contributed by atoms with E-state index in [1.807, 2.05) is 56.3 Å². The Morgan fingerprint density at radius 1 is 0.847 bits per heavy atom. The van der Waals surface area contributed by atoms with Gasteiger partial charge in [-0.1, -0.05) is 31.2 Å². The van der Waals surface area contributed by atoms with Gasteiger partial charge < -0.3 is 68.1 Å². The van der Waals surface area contributed by atoms with E-state index >= 15 is 0 Å². The Labute approximate surface area is 347 Å². The third-order valence-electron chi connectivity index (χ3n) is 9.10. The number of pyridine rings is 2. The van der Waals surface area contributed by atoms with Gasteiger partial charge in [0.05, 0.1) is 28.2 Å². The van der Waals surface area contributed by atoms with Crippen molar-refractivity contribution in [3.05, 3.63) is 71.8 Å². The second-order valence-corrected chi connectivity index (χ2v) is 14.6. The van der Waals surface area contributed by atoms with Crippen LogP contribution in [0.25, 0.3) is 22.5 Å². The van der Waals surface area contributed by atoms with Crippen molar-refractivity contribution in [3.63, 3.8) is 0 Å². The van der Waals surface area contributed by atoms with Gasteiger partial charge in [-0.25, -0.2) is 14.8 Å². The van der Waals surface area contributed by atoms with Crippen LogP contribution in [-0.4, -0.2) is 109 Å². The van der Waals surface area contributed by atoms with Gasteiger partial charge in [-0.2, -0.15) is 0 Å². The summed E-state index contributed by atoms with van der Waals surface area (Å²) in [5, 5.41) is 53.6. The maximum absolute atomic E-state index is 11.9. The Hall–Kier alpha value is -5.81. The standard InChI is InChI=1S/C22H31N5O2.C21H30N6O3/c1-14(2)25-22-19(11-23)21(26-16-7-8-16)10-20(27-22)15-5-4-6-18(9-15)29-13-17(28)12-24-3;1-4-13(2)25-20-17(11-23)19(27-21(29)24-3)9-18(26-20)14-6-5-7-16(8-14)30-12-15(28)10-22/h4-6,9-11,14,16-17,23-24,28H,7-8,12-13H2,1-3H3,(H2,25,26,27);5-9,11,13,15,23,28H,4,10,12,22H2,1-3H3,(H3,24,25,26,27,29). The van der Waals surface area contributed by atoms with E-state index in [4.69, 9.17) is 31.0 Å². The van der Waals surface area contributed by atoms with E-state index in [0.717, 1.165) is 47.3 Å². The summed E-state index contributed by atoms with van der Waals surface area (Å²) in [4.78, 5) is 21.4. The lowest BCUT2D eigenvalue weighted by molar-refractivity contribution is 0.108. The number of anilines is 4. The van der Waals surface area contributed by atoms with E-state index in [9.17, 15) is 15.0 Å². The van der Waals surface area contributed by atoms with Crippen LogP contribution in [0.2, 0.25) is 0 Å². The Morgan fingerprint density at radius 3 is 1.88 bits per heavy atom. The lowest BCUT2D eigenvalue weighted by Crippen LogP contribution is -2.29. The predicted octanol–water partition coefficient (Wildman–Crippen LogP) is 5.51. The van der Waals surface area contributed by atoms with Crippen molar-refractivity contribution in [1.82, 2.24) is 20.6 Å². The average molecular weight is 812 g/mol. The number of urea groups is 1. The topological polar surface area (TPSA) is 248 Å². The molecule has 318 valence electrons. The minimum Gasteiger partial charge on any atom is -0.491 e. The van der Waals surface area contributed by atoms with Crippen LogP contribution in [0.4, 0.5) is 27.8 Å². The van der Waals surface area contributed by atoms with Crippen molar-refractivity contribution in [2.45, 2.75) is 77.3 Å². The van der Waals surface area contributed by atoms with Crippen molar-refractivity contribution in [2.24, 2.45) is 5.73 Å². The second kappa shape index (κ2) is 23.0. The molecule has 2 amide bonds. The van der Waals surface area contributed by atoms with Crippen molar-refractivity contribution < 1.29 is 24.5 Å². The summed E-state index contributed by atoms with van der Waals surface area (Å²) >= 11 is 0. The first-order valence-corrected chi connectivity index (χ1v) is 20.0. The Bertz CT molecular complexity index is 1970. The number of ether oxygens (including phenoxy) is 2. The minimum atomic E-state index is -0.742. The molecule has 16 nitrogen and oxygen atoms in total. The number of amides is 2. The molecule has 4 aromatic rings. The first-order valence-electron chi connectivity index (χ1n) is 20.0. The van der Waals surface area contributed by atoms with Crippen LogP contribution in [0.5, 0.6) is 11.5 Å². The Balaban J connectivity index is 0.000000261. The van der Waals surface area contributed by atoms with E-state index < -0.39 is 18.2 Å². The fraction of sp³-hybridized carbons (Fsp3) is 0.419. The molecule has 12 N–H and O–H groups in total. The molecule has 0 aliphatic heterocycles. The summed E-state index contributed by atoms with van der Waals surface area (Å²) in [5.41, 5.74) is 11.2. The van der Waals surface area contributed by atoms with Gasteiger partial charge in [-0.3, -0.25) is 0 Å². The van der Waals surface area contributed by atoms with Crippen LogP contribution in [0.3, 0.4) is 0 Å². The van der Waals surface area contributed by atoms with Crippen LogP contribution in [0.15, 0.2) is 60.7 Å². The molecule has 0 saturated heterocycles. The fourth-order valence-corrected chi connectivity index (χ4v) is 5.62. The molecule has 1 saturated carbocycles. The molecule has 0 radical (unpaired) electrons. The molecular weight excluding hydrogens is 751 g/mol. The number of aliphatic hydroxyl groups excluding tert-OH is 2. The zero-order valence-electron chi connectivity index (χ0n) is 34.9. The number of nitrogens with two attached hydrogens (primary N) is 1. The maximum atomic E-state index is 11.9. The number of rotatable bonds is 21. The summed E-state index contributed by atoms with van der Waals surface area (Å²) in [6.07, 6.45) is 4.39.